The molecular weight excluding hydrogens is 456 g/mol. The van der Waals surface area contributed by atoms with E-state index in [1.54, 1.807) is 25.2 Å². The van der Waals surface area contributed by atoms with E-state index in [2.05, 4.69) is 5.32 Å². The molecule has 0 fully saturated rings. The minimum absolute atomic E-state index is 0.0943. The summed E-state index contributed by atoms with van der Waals surface area (Å²) >= 11 is 0. The summed E-state index contributed by atoms with van der Waals surface area (Å²) in [7, 11) is 1.64. The Hall–Kier alpha value is -3.81. The summed E-state index contributed by atoms with van der Waals surface area (Å²) in [6.45, 7) is 4.70. The van der Waals surface area contributed by atoms with Gasteiger partial charge in [0.2, 0.25) is 5.91 Å². The number of ether oxygens (including phenoxy) is 2. The third-order valence-corrected chi connectivity index (χ3v) is 6.19. The molecule has 4 rings (SSSR count). The van der Waals surface area contributed by atoms with Gasteiger partial charge in [-0.15, -0.1) is 0 Å². The van der Waals surface area contributed by atoms with Gasteiger partial charge in [-0.1, -0.05) is 24.6 Å². The Morgan fingerprint density at radius 1 is 0.972 bits per heavy atom. The Bertz CT molecular complexity index is 1210. The number of rotatable bonds is 9. The van der Waals surface area contributed by atoms with Crippen molar-refractivity contribution in [1.29, 1.82) is 0 Å². The fourth-order valence-corrected chi connectivity index (χ4v) is 4.53. The number of benzene rings is 2. The van der Waals surface area contributed by atoms with E-state index in [4.69, 9.17) is 14.6 Å². The van der Waals surface area contributed by atoms with E-state index in [0.717, 1.165) is 49.0 Å². The first-order valence-electron chi connectivity index (χ1n) is 12.6. The second-order valence-electron chi connectivity index (χ2n) is 8.82. The fraction of sp³-hybridized carbons (Fsp3) is 0.393. The van der Waals surface area contributed by atoms with E-state index in [-0.39, 0.29) is 18.4 Å². The van der Waals surface area contributed by atoms with Gasteiger partial charge in [0.1, 0.15) is 0 Å². The molecule has 0 atom stereocenters. The maximum Gasteiger partial charge on any atom is 0.274 e. The molecule has 0 unspecified atom stereocenters. The SMILES string of the molecule is CCOc1ccc(NC(=O)CN(C)C(=O)c2nn(-c3ccccc3)c3c2CCCCC3)cc1OCC. The first-order chi connectivity index (χ1) is 17.5. The lowest BCUT2D eigenvalue weighted by Gasteiger charge is -2.17. The molecule has 0 bridgehead atoms. The number of hydrogen-bond donors (Lipinski definition) is 1. The van der Waals surface area contributed by atoms with Crippen LogP contribution in [0.3, 0.4) is 0 Å². The number of carbonyl (C=O) groups is 2. The van der Waals surface area contributed by atoms with Crippen molar-refractivity contribution in [1.82, 2.24) is 14.7 Å². The molecule has 0 radical (unpaired) electrons. The van der Waals surface area contributed by atoms with Gasteiger partial charge >= 0.3 is 0 Å². The fourth-order valence-electron chi connectivity index (χ4n) is 4.53. The molecule has 3 aromatic rings. The number of amides is 2. The van der Waals surface area contributed by atoms with Gasteiger partial charge in [-0.3, -0.25) is 9.59 Å². The smallest absolute Gasteiger partial charge is 0.274 e. The van der Waals surface area contributed by atoms with Gasteiger partial charge in [-0.05, 0) is 63.8 Å². The zero-order valence-corrected chi connectivity index (χ0v) is 21.3. The molecule has 8 nitrogen and oxygen atoms in total. The maximum atomic E-state index is 13.5. The summed E-state index contributed by atoms with van der Waals surface area (Å²) in [4.78, 5) is 27.7. The zero-order valence-electron chi connectivity index (χ0n) is 21.3. The van der Waals surface area contributed by atoms with Crippen LogP contribution < -0.4 is 14.8 Å². The normalized spacial score (nSPS) is 12.9. The highest BCUT2D eigenvalue weighted by molar-refractivity contribution is 5.99. The van der Waals surface area contributed by atoms with E-state index < -0.39 is 0 Å². The van der Waals surface area contributed by atoms with Crippen molar-refractivity contribution >= 4 is 17.5 Å². The van der Waals surface area contributed by atoms with Crippen LogP contribution in [-0.2, 0) is 17.6 Å². The average Bonchev–Trinajstić information content (AvgIpc) is 3.06. The van der Waals surface area contributed by atoms with Crippen LogP contribution in [0.1, 0.15) is 54.9 Å². The highest BCUT2D eigenvalue weighted by Gasteiger charge is 2.27. The molecule has 1 heterocycles. The lowest BCUT2D eigenvalue weighted by atomic mass is 10.1. The number of aromatic nitrogens is 2. The number of hydrogen-bond acceptors (Lipinski definition) is 5. The van der Waals surface area contributed by atoms with Crippen molar-refractivity contribution < 1.29 is 19.1 Å². The minimum atomic E-state index is -0.300. The number of anilines is 1. The topological polar surface area (TPSA) is 85.7 Å². The number of nitrogens with zero attached hydrogens (tertiary/aromatic N) is 3. The highest BCUT2D eigenvalue weighted by Crippen LogP contribution is 2.31. The molecule has 190 valence electrons. The number of para-hydroxylation sites is 1. The molecule has 0 saturated heterocycles. The van der Waals surface area contributed by atoms with Crippen LogP contribution in [0.15, 0.2) is 48.5 Å². The van der Waals surface area contributed by atoms with E-state index in [9.17, 15) is 9.59 Å². The van der Waals surface area contributed by atoms with Crippen LogP contribution in [0.2, 0.25) is 0 Å². The molecule has 0 saturated carbocycles. The molecule has 2 amide bonds. The molecule has 0 aliphatic heterocycles. The molecule has 1 N–H and O–H groups in total. The second-order valence-corrected chi connectivity index (χ2v) is 8.82. The molecule has 2 aromatic carbocycles. The van der Waals surface area contributed by atoms with Crippen LogP contribution >= 0.6 is 0 Å². The van der Waals surface area contributed by atoms with E-state index >= 15 is 0 Å². The van der Waals surface area contributed by atoms with Crippen molar-refractivity contribution in [2.24, 2.45) is 0 Å². The number of nitrogens with one attached hydrogen (secondary N) is 1. The Morgan fingerprint density at radius 2 is 1.69 bits per heavy atom. The molecular formula is C28H34N4O4. The van der Waals surface area contributed by atoms with Crippen molar-refractivity contribution in [3.8, 4) is 17.2 Å². The largest absolute Gasteiger partial charge is 0.490 e. The Kier molecular flexibility index (Phi) is 8.25. The monoisotopic (exact) mass is 490 g/mol. The summed E-state index contributed by atoms with van der Waals surface area (Å²) < 4.78 is 13.1. The lowest BCUT2D eigenvalue weighted by Crippen LogP contribution is -2.35. The molecule has 0 spiro atoms. The van der Waals surface area contributed by atoms with Gasteiger partial charge in [0.05, 0.1) is 25.4 Å². The average molecular weight is 491 g/mol. The quantitative estimate of drug-likeness (QED) is 0.442. The van der Waals surface area contributed by atoms with Crippen molar-refractivity contribution in [2.45, 2.75) is 46.0 Å². The number of fused-ring (bicyclic) bond motifs is 1. The summed E-state index contributed by atoms with van der Waals surface area (Å²) in [5.74, 6) is 0.640. The van der Waals surface area contributed by atoms with E-state index in [1.807, 2.05) is 48.9 Å². The van der Waals surface area contributed by atoms with Gasteiger partial charge in [0.15, 0.2) is 17.2 Å². The predicted octanol–water partition coefficient (Wildman–Crippen LogP) is 4.65. The van der Waals surface area contributed by atoms with Gasteiger partial charge in [-0.25, -0.2) is 4.68 Å². The van der Waals surface area contributed by atoms with Crippen LogP contribution in [0.25, 0.3) is 5.69 Å². The standard InChI is InChI=1S/C28H34N4O4/c1-4-35-24-17-16-20(18-25(24)36-5-2)29-26(33)19-31(3)28(34)27-22-14-10-7-11-15-23(22)32(30-27)21-12-8-6-9-13-21/h6,8-9,12-13,16-18H,4-5,7,10-11,14-15,19H2,1-3H3,(H,29,33). The zero-order chi connectivity index (χ0) is 25.5. The predicted molar refractivity (Wildman–Crippen MR) is 139 cm³/mol. The van der Waals surface area contributed by atoms with E-state index in [1.165, 1.54) is 4.90 Å². The summed E-state index contributed by atoms with van der Waals surface area (Å²) in [5.41, 5.74) is 4.05. The van der Waals surface area contributed by atoms with E-state index in [0.29, 0.717) is 36.1 Å². The summed E-state index contributed by atoms with van der Waals surface area (Å²) in [6, 6.07) is 15.2. The molecule has 1 aromatic heterocycles. The van der Waals surface area contributed by atoms with Gasteiger partial charge in [0.25, 0.3) is 5.91 Å². The molecule has 1 aliphatic carbocycles. The van der Waals surface area contributed by atoms with Crippen LogP contribution in [-0.4, -0.2) is 53.3 Å². The third kappa shape index (κ3) is 5.70. The minimum Gasteiger partial charge on any atom is -0.490 e. The first kappa shape index (κ1) is 25.3. The third-order valence-electron chi connectivity index (χ3n) is 6.19. The molecule has 1 aliphatic rings. The van der Waals surface area contributed by atoms with Crippen molar-refractivity contribution in [3.63, 3.8) is 0 Å². The van der Waals surface area contributed by atoms with Gasteiger partial charge in [-0.2, -0.15) is 5.10 Å². The summed E-state index contributed by atoms with van der Waals surface area (Å²) in [6.07, 6.45) is 4.92. The molecule has 8 heteroatoms. The number of likely N-dealkylation sites (N-methyl/N-ethyl adjacent to an activating group) is 1. The van der Waals surface area contributed by atoms with Crippen LogP contribution in [0.5, 0.6) is 11.5 Å². The Labute approximate surface area is 212 Å². The lowest BCUT2D eigenvalue weighted by molar-refractivity contribution is -0.116. The number of carbonyl (C=O) groups excluding carboxylic acids is 2. The van der Waals surface area contributed by atoms with Gasteiger partial charge in [0, 0.05) is 30.1 Å². The first-order valence-corrected chi connectivity index (χ1v) is 12.6. The molecule has 36 heavy (non-hydrogen) atoms. The highest BCUT2D eigenvalue weighted by atomic mass is 16.5. The van der Waals surface area contributed by atoms with Crippen LogP contribution in [0, 0.1) is 0 Å². The Morgan fingerprint density at radius 3 is 2.44 bits per heavy atom. The second kappa shape index (κ2) is 11.7. The Balaban J connectivity index is 1.50. The maximum absolute atomic E-state index is 13.5. The van der Waals surface area contributed by atoms with Crippen molar-refractivity contribution in [3.05, 3.63) is 65.5 Å². The summed E-state index contributed by atoms with van der Waals surface area (Å²) in [5, 5.41) is 7.60. The van der Waals surface area contributed by atoms with Gasteiger partial charge < -0.3 is 19.7 Å². The van der Waals surface area contributed by atoms with Crippen LogP contribution in [0.4, 0.5) is 5.69 Å². The van der Waals surface area contributed by atoms with Crippen molar-refractivity contribution in [2.75, 3.05) is 32.1 Å².